The van der Waals surface area contributed by atoms with Gasteiger partial charge in [0.25, 0.3) is 6.43 Å². The largest absolute Gasteiger partial charge is 0.478 e. The molecule has 0 aromatic carbocycles. The van der Waals surface area contributed by atoms with Crippen molar-refractivity contribution in [3.8, 4) is 0 Å². The lowest BCUT2D eigenvalue weighted by Crippen LogP contribution is -2.04. The van der Waals surface area contributed by atoms with E-state index < -0.39 is 19.0 Å². The Morgan fingerprint density at radius 3 is 2.80 bits per heavy atom. The summed E-state index contributed by atoms with van der Waals surface area (Å²) in [5, 5.41) is 12.8. The molecule has 0 aliphatic heterocycles. The van der Waals surface area contributed by atoms with Crippen molar-refractivity contribution in [2.75, 3.05) is 6.61 Å². The minimum atomic E-state index is -2.52. The summed E-state index contributed by atoms with van der Waals surface area (Å²) in [6.45, 7) is 3.36. The van der Waals surface area contributed by atoms with E-state index in [0.29, 0.717) is 11.1 Å². The van der Waals surface area contributed by atoms with E-state index in [1.807, 2.05) is 13.8 Å². The number of aromatic carboxylic acids is 1. The SMILES string of the molecule is CC.O=C(O)c1cnn2ccc(COCC(F)F)cc12. The van der Waals surface area contributed by atoms with Crippen LogP contribution in [0.3, 0.4) is 0 Å². The van der Waals surface area contributed by atoms with E-state index in [-0.39, 0.29) is 12.2 Å². The molecule has 0 fully saturated rings. The zero-order chi connectivity index (χ0) is 15.1. The molecule has 0 radical (unpaired) electrons. The summed E-state index contributed by atoms with van der Waals surface area (Å²) in [5.74, 6) is -1.09. The first-order chi connectivity index (χ1) is 9.58. The molecule has 0 saturated heterocycles. The number of carbonyl (C=O) groups is 1. The Kier molecular flexibility index (Phi) is 6.05. The monoisotopic (exact) mass is 286 g/mol. The van der Waals surface area contributed by atoms with E-state index in [9.17, 15) is 13.6 Å². The summed E-state index contributed by atoms with van der Waals surface area (Å²) in [5.41, 5.74) is 1.08. The first-order valence-corrected chi connectivity index (χ1v) is 6.13. The number of hydrogen-bond donors (Lipinski definition) is 1. The highest BCUT2D eigenvalue weighted by Crippen LogP contribution is 2.13. The molecule has 0 saturated carbocycles. The topological polar surface area (TPSA) is 63.8 Å². The molecule has 0 bridgehead atoms. The molecule has 0 unspecified atom stereocenters. The van der Waals surface area contributed by atoms with E-state index in [1.54, 1.807) is 18.3 Å². The lowest BCUT2D eigenvalue weighted by Gasteiger charge is -2.04. The van der Waals surface area contributed by atoms with Crippen molar-refractivity contribution in [1.29, 1.82) is 0 Å². The zero-order valence-corrected chi connectivity index (χ0v) is 11.2. The van der Waals surface area contributed by atoms with Crippen LogP contribution in [0.4, 0.5) is 8.78 Å². The zero-order valence-electron chi connectivity index (χ0n) is 11.2. The number of carboxylic acids is 1. The van der Waals surface area contributed by atoms with Crippen LogP contribution < -0.4 is 0 Å². The number of pyridine rings is 1. The fraction of sp³-hybridized carbons (Fsp3) is 0.385. The number of alkyl halides is 2. The Balaban J connectivity index is 0.000000956. The molecule has 2 heterocycles. The highest BCUT2D eigenvalue weighted by molar-refractivity contribution is 5.95. The van der Waals surface area contributed by atoms with Crippen LogP contribution >= 0.6 is 0 Å². The molecular formula is C13H16F2N2O3. The summed E-state index contributed by atoms with van der Waals surface area (Å²) >= 11 is 0. The number of nitrogens with zero attached hydrogens (tertiary/aromatic N) is 2. The molecule has 0 aliphatic carbocycles. The van der Waals surface area contributed by atoms with Gasteiger partial charge in [-0.15, -0.1) is 0 Å². The Morgan fingerprint density at radius 1 is 1.50 bits per heavy atom. The van der Waals surface area contributed by atoms with Gasteiger partial charge in [0.2, 0.25) is 0 Å². The molecule has 0 spiro atoms. The normalized spacial score (nSPS) is 10.4. The minimum Gasteiger partial charge on any atom is -0.478 e. The van der Waals surface area contributed by atoms with Crippen molar-refractivity contribution in [2.45, 2.75) is 26.9 Å². The first-order valence-electron chi connectivity index (χ1n) is 6.13. The number of fused-ring (bicyclic) bond motifs is 1. The van der Waals surface area contributed by atoms with Crippen LogP contribution in [0, 0.1) is 0 Å². The Bertz CT molecular complexity index is 570. The Hall–Kier alpha value is -2.02. The molecule has 0 amide bonds. The average molecular weight is 286 g/mol. The second-order valence-corrected chi connectivity index (χ2v) is 3.63. The third-order valence-corrected chi connectivity index (χ3v) is 2.33. The third kappa shape index (κ3) is 3.99. The summed E-state index contributed by atoms with van der Waals surface area (Å²) in [4.78, 5) is 10.9. The Morgan fingerprint density at radius 2 is 2.20 bits per heavy atom. The van der Waals surface area contributed by atoms with Gasteiger partial charge in [0.05, 0.1) is 18.3 Å². The maximum atomic E-state index is 11.9. The fourth-order valence-electron chi connectivity index (χ4n) is 1.54. The van der Waals surface area contributed by atoms with E-state index in [0.717, 1.165) is 0 Å². The van der Waals surface area contributed by atoms with E-state index in [4.69, 9.17) is 9.84 Å². The van der Waals surface area contributed by atoms with Crippen LogP contribution in [0.1, 0.15) is 29.8 Å². The third-order valence-electron chi connectivity index (χ3n) is 2.33. The van der Waals surface area contributed by atoms with Crippen molar-refractivity contribution in [3.05, 3.63) is 35.7 Å². The van der Waals surface area contributed by atoms with Crippen LogP contribution in [0.25, 0.3) is 5.52 Å². The van der Waals surface area contributed by atoms with Crippen molar-refractivity contribution in [2.24, 2.45) is 0 Å². The van der Waals surface area contributed by atoms with Gasteiger partial charge in [-0.25, -0.2) is 18.1 Å². The number of aromatic nitrogens is 2. The van der Waals surface area contributed by atoms with Gasteiger partial charge >= 0.3 is 5.97 Å². The quantitative estimate of drug-likeness (QED) is 0.918. The van der Waals surface area contributed by atoms with Crippen molar-refractivity contribution in [1.82, 2.24) is 9.61 Å². The summed E-state index contributed by atoms with van der Waals surface area (Å²) in [6, 6.07) is 3.19. The first kappa shape index (κ1) is 16.0. The van der Waals surface area contributed by atoms with Crippen LogP contribution in [0.15, 0.2) is 24.5 Å². The molecule has 1 N–H and O–H groups in total. The van der Waals surface area contributed by atoms with Gasteiger partial charge in [-0.1, -0.05) is 13.8 Å². The predicted molar refractivity (Wildman–Crippen MR) is 69.2 cm³/mol. The lowest BCUT2D eigenvalue weighted by atomic mass is 10.2. The average Bonchev–Trinajstić information content (AvgIpc) is 2.84. The highest BCUT2D eigenvalue weighted by Gasteiger charge is 2.11. The number of rotatable bonds is 5. The van der Waals surface area contributed by atoms with Gasteiger partial charge < -0.3 is 9.84 Å². The van der Waals surface area contributed by atoms with E-state index >= 15 is 0 Å². The molecular weight excluding hydrogens is 270 g/mol. The van der Waals surface area contributed by atoms with Crippen LogP contribution in [0.2, 0.25) is 0 Å². The van der Waals surface area contributed by atoms with Gasteiger partial charge in [-0.3, -0.25) is 0 Å². The summed E-state index contributed by atoms with van der Waals surface area (Å²) in [7, 11) is 0. The number of halogens is 2. The minimum absolute atomic E-state index is 0.00504. The number of hydrogen-bond acceptors (Lipinski definition) is 3. The van der Waals surface area contributed by atoms with Gasteiger partial charge in [-0.05, 0) is 17.7 Å². The molecule has 2 aromatic heterocycles. The van der Waals surface area contributed by atoms with Crippen LogP contribution in [-0.2, 0) is 11.3 Å². The van der Waals surface area contributed by atoms with Crippen LogP contribution in [0.5, 0.6) is 0 Å². The van der Waals surface area contributed by atoms with Crippen molar-refractivity contribution in [3.63, 3.8) is 0 Å². The number of ether oxygens (including phenoxy) is 1. The lowest BCUT2D eigenvalue weighted by molar-refractivity contribution is 0.00988. The molecule has 20 heavy (non-hydrogen) atoms. The molecule has 110 valence electrons. The molecule has 7 heteroatoms. The smallest absolute Gasteiger partial charge is 0.339 e. The molecule has 2 aromatic rings. The standard InChI is InChI=1S/C11H10F2N2O3.C2H6/c12-10(13)6-18-5-7-1-2-15-9(3-7)8(4-14-15)11(16)17;1-2/h1-4,10H,5-6H2,(H,16,17);1-2H3. The second kappa shape index (κ2) is 7.54. The molecule has 5 nitrogen and oxygen atoms in total. The fourth-order valence-corrected chi connectivity index (χ4v) is 1.54. The van der Waals surface area contributed by atoms with Gasteiger partial charge in [0, 0.05) is 6.20 Å². The van der Waals surface area contributed by atoms with E-state index in [1.165, 1.54) is 10.7 Å². The predicted octanol–water partition coefficient (Wildman–Crippen LogP) is 2.84. The Labute approximate surface area is 114 Å². The molecule has 2 rings (SSSR count). The molecule has 0 aliphatic rings. The summed E-state index contributed by atoms with van der Waals surface area (Å²) < 4.78 is 30.0. The van der Waals surface area contributed by atoms with Crippen LogP contribution in [-0.4, -0.2) is 33.7 Å². The molecule has 0 atom stereocenters. The van der Waals surface area contributed by atoms with Gasteiger partial charge in [-0.2, -0.15) is 5.10 Å². The van der Waals surface area contributed by atoms with E-state index in [2.05, 4.69) is 5.10 Å². The second-order valence-electron chi connectivity index (χ2n) is 3.63. The summed E-state index contributed by atoms with van der Waals surface area (Å²) in [6.07, 6.45) is 0.280. The van der Waals surface area contributed by atoms with Crippen molar-refractivity contribution < 1.29 is 23.4 Å². The van der Waals surface area contributed by atoms with Gasteiger partial charge in [0.1, 0.15) is 12.2 Å². The van der Waals surface area contributed by atoms with Gasteiger partial charge in [0.15, 0.2) is 0 Å². The maximum Gasteiger partial charge on any atom is 0.339 e. The number of carboxylic acid groups (broad SMARTS) is 1. The highest BCUT2D eigenvalue weighted by atomic mass is 19.3. The van der Waals surface area contributed by atoms with Crippen molar-refractivity contribution >= 4 is 11.5 Å². The maximum absolute atomic E-state index is 11.9.